The Balaban J connectivity index is 2.25. The van der Waals surface area contributed by atoms with Gasteiger partial charge in [0.2, 0.25) is 0 Å². The summed E-state index contributed by atoms with van der Waals surface area (Å²) >= 11 is 0. The lowest BCUT2D eigenvalue weighted by Gasteiger charge is -2.22. The third-order valence-electron chi connectivity index (χ3n) is 3.68. The molecule has 0 bridgehead atoms. The predicted molar refractivity (Wildman–Crippen MR) is 80.2 cm³/mol. The molecule has 3 atom stereocenters. The zero-order chi connectivity index (χ0) is 17.2. The van der Waals surface area contributed by atoms with Crippen LogP contribution in [0, 0.1) is 6.92 Å². The van der Waals surface area contributed by atoms with Crippen LogP contribution in [0.15, 0.2) is 15.8 Å². The first kappa shape index (κ1) is 18.1. The number of aromatic nitrogens is 2. The Kier molecular flexibility index (Phi) is 5.56. The van der Waals surface area contributed by atoms with Crippen molar-refractivity contribution in [1.29, 1.82) is 0 Å². The fourth-order valence-corrected chi connectivity index (χ4v) is 3.43. The molecule has 2 heterocycles. The topological polar surface area (TPSA) is 132 Å². The number of ether oxygens (including phenoxy) is 1. The van der Waals surface area contributed by atoms with E-state index < -0.39 is 37.4 Å². The zero-order valence-electron chi connectivity index (χ0n) is 13.0. The highest BCUT2D eigenvalue weighted by Gasteiger charge is 2.40. The fourth-order valence-electron chi connectivity index (χ4n) is 2.39. The second kappa shape index (κ2) is 7.08. The maximum atomic E-state index is 12.2. The highest BCUT2D eigenvalue weighted by molar-refractivity contribution is 7.51. The molecule has 0 aliphatic carbocycles. The molecule has 1 aliphatic rings. The summed E-state index contributed by atoms with van der Waals surface area (Å²) in [5.74, 6) is 0. The predicted octanol–water partition coefficient (Wildman–Crippen LogP) is -0.516. The molecule has 10 nitrogen and oxygen atoms in total. The van der Waals surface area contributed by atoms with Crippen LogP contribution < -0.4 is 16.3 Å². The van der Waals surface area contributed by atoms with Crippen LogP contribution in [-0.4, -0.2) is 47.6 Å². The van der Waals surface area contributed by atoms with Gasteiger partial charge >= 0.3 is 13.4 Å². The number of nitrogens with one attached hydrogen (secondary N) is 2. The van der Waals surface area contributed by atoms with E-state index in [1.54, 1.807) is 6.92 Å². The molecule has 0 aromatic carbocycles. The van der Waals surface area contributed by atoms with Gasteiger partial charge < -0.3 is 18.9 Å². The molecule has 1 fully saturated rings. The molecule has 1 saturated heterocycles. The fraction of sp³-hybridized carbons (Fsp3) is 0.667. The maximum Gasteiger partial charge on any atom is 0.405 e. The Hall–Kier alpha value is -1.29. The first-order valence-electron chi connectivity index (χ1n) is 6.91. The third kappa shape index (κ3) is 3.79. The van der Waals surface area contributed by atoms with Gasteiger partial charge in [-0.2, -0.15) is 0 Å². The molecule has 1 aromatic rings. The average molecular weight is 349 g/mol. The van der Waals surface area contributed by atoms with Crippen molar-refractivity contribution in [2.24, 2.45) is 0 Å². The molecule has 0 amide bonds. The highest BCUT2D eigenvalue weighted by Crippen LogP contribution is 2.44. The molecular weight excluding hydrogens is 329 g/mol. The number of aryl methyl sites for hydroxylation is 1. The quantitative estimate of drug-likeness (QED) is 0.585. The summed E-state index contributed by atoms with van der Waals surface area (Å²) in [6.07, 6.45) is 0.176. The smallest absolute Gasteiger partial charge is 0.394 e. The largest absolute Gasteiger partial charge is 0.405 e. The van der Waals surface area contributed by atoms with E-state index in [-0.39, 0.29) is 13.0 Å². The second-order valence-electron chi connectivity index (χ2n) is 5.12. The van der Waals surface area contributed by atoms with Crippen LogP contribution in [0.3, 0.4) is 0 Å². The number of nitrogens with zero attached hydrogens (tertiary/aromatic N) is 1. The van der Waals surface area contributed by atoms with E-state index in [9.17, 15) is 19.3 Å². The highest BCUT2D eigenvalue weighted by atomic mass is 31.2. The van der Waals surface area contributed by atoms with Gasteiger partial charge in [-0.05, 0) is 6.92 Å². The molecule has 0 spiro atoms. The van der Waals surface area contributed by atoms with Gasteiger partial charge in [-0.15, -0.1) is 0 Å². The minimum absolute atomic E-state index is 0.229. The van der Waals surface area contributed by atoms with Crippen molar-refractivity contribution in [3.63, 3.8) is 0 Å². The van der Waals surface area contributed by atoms with Gasteiger partial charge in [0, 0.05) is 32.4 Å². The van der Waals surface area contributed by atoms with Crippen LogP contribution in [0.5, 0.6) is 0 Å². The van der Waals surface area contributed by atoms with Crippen molar-refractivity contribution in [2.45, 2.75) is 31.7 Å². The van der Waals surface area contributed by atoms with E-state index in [0.29, 0.717) is 5.56 Å². The normalized spacial score (nSPS) is 25.0. The molecule has 1 aromatic heterocycles. The van der Waals surface area contributed by atoms with Crippen molar-refractivity contribution in [1.82, 2.24) is 14.6 Å². The summed E-state index contributed by atoms with van der Waals surface area (Å²) in [6.45, 7) is 1.21. The first-order valence-corrected chi connectivity index (χ1v) is 8.45. The van der Waals surface area contributed by atoms with Crippen LogP contribution in [0.2, 0.25) is 0 Å². The molecule has 11 heteroatoms. The van der Waals surface area contributed by atoms with Gasteiger partial charge in [-0.3, -0.25) is 14.3 Å². The number of aliphatic hydroxyl groups is 1. The zero-order valence-corrected chi connectivity index (χ0v) is 13.9. The molecule has 0 radical (unpaired) electrons. The summed E-state index contributed by atoms with van der Waals surface area (Å²) < 4.78 is 28.6. The van der Waals surface area contributed by atoms with Gasteiger partial charge in [0.25, 0.3) is 5.56 Å². The van der Waals surface area contributed by atoms with Gasteiger partial charge in [0.15, 0.2) is 0 Å². The number of rotatable bonds is 6. The standard InChI is InChI=1S/C12H20N3O7P/c1-7-5-15(12(18)13-11(7)17)10-4-8(9(6-16)22-10)14-23(19,20-2)21-3/h5,8-10,16H,4,6H2,1-3H3,(H,14,19)(H,13,17,18)/t8-,9+,10+/m0/s1. The SMILES string of the molecule is COP(=O)(N[C@H]1C[C@H](n2cc(C)c(=O)[nH]c2=O)O[C@@H]1CO)OC. The van der Waals surface area contributed by atoms with Crippen LogP contribution in [0.25, 0.3) is 0 Å². The van der Waals surface area contributed by atoms with Gasteiger partial charge in [-0.1, -0.05) is 0 Å². The summed E-state index contributed by atoms with van der Waals surface area (Å²) in [7, 11) is -1.05. The van der Waals surface area contributed by atoms with Gasteiger partial charge in [0.05, 0.1) is 18.8 Å². The number of aromatic amines is 1. The summed E-state index contributed by atoms with van der Waals surface area (Å²) in [5.41, 5.74) is -0.741. The van der Waals surface area contributed by atoms with E-state index in [2.05, 4.69) is 10.1 Å². The van der Waals surface area contributed by atoms with E-state index >= 15 is 0 Å². The Labute approximate surface area is 132 Å². The average Bonchev–Trinajstić information content (AvgIpc) is 2.93. The molecule has 0 saturated carbocycles. The Bertz CT molecular complexity index is 707. The Morgan fingerprint density at radius 1 is 1.48 bits per heavy atom. The minimum Gasteiger partial charge on any atom is -0.394 e. The van der Waals surface area contributed by atoms with Crippen molar-refractivity contribution in [2.75, 3.05) is 20.8 Å². The first-order chi connectivity index (χ1) is 10.8. The second-order valence-corrected chi connectivity index (χ2v) is 7.11. The lowest BCUT2D eigenvalue weighted by Crippen LogP contribution is -2.37. The van der Waals surface area contributed by atoms with E-state index in [0.717, 1.165) is 0 Å². The Morgan fingerprint density at radius 2 is 2.13 bits per heavy atom. The van der Waals surface area contributed by atoms with Crippen molar-refractivity contribution < 1.29 is 23.5 Å². The summed E-state index contributed by atoms with van der Waals surface area (Å²) in [6, 6.07) is -0.560. The number of hydrogen-bond donors (Lipinski definition) is 3. The van der Waals surface area contributed by atoms with Crippen LogP contribution in [0.1, 0.15) is 18.2 Å². The lowest BCUT2D eigenvalue weighted by atomic mass is 10.1. The van der Waals surface area contributed by atoms with Crippen LogP contribution in [0.4, 0.5) is 0 Å². The van der Waals surface area contributed by atoms with Crippen LogP contribution >= 0.6 is 7.75 Å². The van der Waals surface area contributed by atoms with Crippen LogP contribution in [-0.2, 0) is 18.3 Å². The molecule has 0 unspecified atom stereocenters. The molecular formula is C12H20N3O7P. The summed E-state index contributed by atoms with van der Waals surface area (Å²) in [4.78, 5) is 25.5. The van der Waals surface area contributed by atoms with Gasteiger partial charge in [-0.25, -0.2) is 14.4 Å². The lowest BCUT2D eigenvalue weighted by molar-refractivity contribution is -0.0283. The van der Waals surface area contributed by atoms with E-state index in [4.69, 9.17) is 13.8 Å². The minimum atomic E-state index is -3.51. The Morgan fingerprint density at radius 3 is 2.70 bits per heavy atom. The monoisotopic (exact) mass is 349 g/mol. The third-order valence-corrected chi connectivity index (χ3v) is 5.29. The molecule has 23 heavy (non-hydrogen) atoms. The number of aliphatic hydroxyl groups excluding tert-OH is 1. The van der Waals surface area contributed by atoms with Gasteiger partial charge in [0.1, 0.15) is 6.23 Å². The van der Waals surface area contributed by atoms with E-state index in [1.165, 1.54) is 25.0 Å². The molecule has 2 rings (SSSR count). The number of hydrogen-bond acceptors (Lipinski definition) is 7. The molecule has 130 valence electrons. The van der Waals surface area contributed by atoms with Crippen molar-refractivity contribution in [3.05, 3.63) is 32.6 Å². The molecule has 1 aliphatic heterocycles. The summed E-state index contributed by atoms with van der Waals surface area (Å²) in [5, 5.41) is 12.1. The van der Waals surface area contributed by atoms with E-state index in [1.807, 2.05) is 0 Å². The molecule has 3 N–H and O–H groups in total. The van der Waals surface area contributed by atoms with Crippen molar-refractivity contribution in [3.8, 4) is 0 Å². The van der Waals surface area contributed by atoms with Crippen molar-refractivity contribution >= 4 is 7.75 Å². The maximum absolute atomic E-state index is 12.2. The number of H-pyrrole nitrogens is 1.